The summed E-state index contributed by atoms with van der Waals surface area (Å²) in [5.74, 6) is -6.66. The van der Waals surface area contributed by atoms with Crippen LogP contribution in [-0.4, -0.2) is 41.9 Å². The average Bonchev–Trinajstić information content (AvgIpc) is 3.52. The number of primary amides is 1. The molecule has 2 fully saturated rings. The largest absolute Gasteiger partial charge is 0.369 e. The molecule has 5 rings (SSSR count). The number of nitrogens with zero attached hydrogens (tertiary/aromatic N) is 1. The minimum Gasteiger partial charge on any atom is -0.369 e. The standard InChI is InChI=1S/C31H30Cl2F3N3O2/c1-2-31(21-10-12-38-17-21)27(18-8-9-22(32)23(33)14-18)30(29(37)41,20-6-4-3-5-7-20)11-13-39(31)28(40)19-15-24(34)26(36)25(35)16-19/h3-9,14-16,21,27,38H,2,10-13,17H2,1H3,(H2,37,41). The lowest BCUT2D eigenvalue weighted by molar-refractivity contribution is -0.131. The van der Waals surface area contributed by atoms with Crippen LogP contribution >= 0.6 is 23.2 Å². The Labute approximate surface area is 246 Å². The van der Waals surface area contributed by atoms with Gasteiger partial charge in [0.1, 0.15) is 0 Å². The van der Waals surface area contributed by atoms with Gasteiger partial charge in [-0.15, -0.1) is 0 Å². The number of piperidine rings is 1. The van der Waals surface area contributed by atoms with Crippen LogP contribution in [0.1, 0.15) is 53.6 Å². The lowest BCUT2D eigenvalue weighted by atomic mass is 9.51. The summed E-state index contributed by atoms with van der Waals surface area (Å²) in [5.41, 5.74) is 5.03. The number of likely N-dealkylation sites (tertiary alicyclic amines) is 1. The minimum absolute atomic E-state index is 0.0689. The first-order valence-corrected chi connectivity index (χ1v) is 14.3. The maximum atomic E-state index is 14.3. The van der Waals surface area contributed by atoms with Crippen molar-refractivity contribution in [1.82, 2.24) is 10.2 Å². The zero-order valence-corrected chi connectivity index (χ0v) is 23.9. The molecule has 3 aromatic rings. The van der Waals surface area contributed by atoms with Crippen LogP contribution < -0.4 is 11.1 Å². The van der Waals surface area contributed by atoms with Gasteiger partial charge >= 0.3 is 0 Å². The highest BCUT2D eigenvalue weighted by Gasteiger charge is 2.64. The van der Waals surface area contributed by atoms with Gasteiger partial charge in [0.2, 0.25) is 5.91 Å². The molecule has 0 aromatic heterocycles. The summed E-state index contributed by atoms with van der Waals surface area (Å²) in [7, 11) is 0. The summed E-state index contributed by atoms with van der Waals surface area (Å²) in [5, 5.41) is 3.97. The van der Waals surface area contributed by atoms with Crippen LogP contribution in [0.2, 0.25) is 10.0 Å². The van der Waals surface area contributed by atoms with Crippen LogP contribution in [0.5, 0.6) is 0 Å². The number of amides is 2. The number of nitrogens with one attached hydrogen (secondary N) is 1. The molecule has 0 saturated carbocycles. The van der Waals surface area contributed by atoms with Crippen LogP contribution in [0, 0.1) is 23.4 Å². The van der Waals surface area contributed by atoms with Gasteiger partial charge in [-0.05, 0) is 67.1 Å². The van der Waals surface area contributed by atoms with Crippen molar-refractivity contribution in [2.75, 3.05) is 19.6 Å². The summed E-state index contributed by atoms with van der Waals surface area (Å²) in [6, 6.07) is 15.8. The van der Waals surface area contributed by atoms with Crippen molar-refractivity contribution in [3.63, 3.8) is 0 Å². The molecular formula is C31H30Cl2F3N3O2. The van der Waals surface area contributed by atoms with Crippen molar-refractivity contribution in [1.29, 1.82) is 0 Å². The van der Waals surface area contributed by atoms with Crippen LogP contribution in [0.15, 0.2) is 60.7 Å². The fraction of sp³-hybridized carbons (Fsp3) is 0.355. The molecule has 2 aliphatic rings. The molecule has 0 aliphatic carbocycles. The number of hydrogen-bond donors (Lipinski definition) is 2. The van der Waals surface area contributed by atoms with Gasteiger partial charge in [0.15, 0.2) is 17.5 Å². The van der Waals surface area contributed by atoms with Gasteiger partial charge in [-0.2, -0.15) is 0 Å². The van der Waals surface area contributed by atoms with E-state index in [1.54, 1.807) is 23.1 Å². The predicted octanol–water partition coefficient (Wildman–Crippen LogP) is 6.22. The number of carbonyl (C=O) groups excluding carboxylic acids is 2. The third kappa shape index (κ3) is 4.70. The van der Waals surface area contributed by atoms with Gasteiger partial charge < -0.3 is 16.0 Å². The number of halogens is 5. The smallest absolute Gasteiger partial charge is 0.254 e. The molecule has 2 amide bonds. The number of rotatable bonds is 6. The molecule has 10 heteroatoms. The topological polar surface area (TPSA) is 75.4 Å². The van der Waals surface area contributed by atoms with E-state index in [1.165, 1.54) is 0 Å². The maximum absolute atomic E-state index is 14.3. The predicted molar refractivity (Wildman–Crippen MR) is 152 cm³/mol. The van der Waals surface area contributed by atoms with Crippen LogP contribution in [-0.2, 0) is 10.2 Å². The van der Waals surface area contributed by atoms with Crippen molar-refractivity contribution in [2.45, 2.75) is 43.1 Å². The Hall–Kier alpha value is -3.07. The summed E-state index contributed by atoms with van der Waals surface area (Å²) < 4.78 is 42.5. The average molecular weight is 605 g/mol. The SMILES string of the molecule is CCC1(C2CCNC2)C(c2ccc(Cl)c(Cl)c2)C(C(N)=O)(c2ccccc2)CCN1C(=O)c1cc(F)c(F)c(F)c1. The Bertz CT molecular complexity index is 1460. The van der Waals surface area contributed by atoms with E-state index in [9.17, 15) is 22.8 Å². The van der Waals surface area contributed by atoms with Gasteiger partial charge in [0.25, 0.3) is 5.91 Å². The second kappa shape index (κ2) is 11.3. The lowest BCUT2D eigenvalue weighted by Crippen LogP contribution is -2.70. The van der Waals surface area contributed by atoms with Crippen molar-refractivity contribution < 1.29 is 22.8 Å². The molecule has 0 radical (unpaired) electrons. The number of carbonyl (C=O) groups is 2. The molecule has 4 atom stereocenters. The third-order valence-electron chi connectivity index (χ3n) is 9.04. The van der Waals surface area contributed by atoms with E-state index in [-0.39, 0.29) is 29.5 Å². The molecule has 2 aliphatic heterocycles. The molecule has 216 valence electrons. The molecule has 3 aromatic carbocycles. The first kappa shape index (κ1) is 29.4. The van der Waals surface area contributed by atoms with Crippen molar-refractivity contribution in [3.05, 3.63) is 105 Å². The molecular weight excluding hydrogens is 574 g/mol. The Morgan fingerprint density at radius 3 is 2.27 bits per heavy atom. The molecule has 0 bridgehead atoms. The van der Waals surface area contributed by atoms with E-state index in [0.717, 1.165) is 12.1 Å². The zero-order valence-electron chi connectivity index (χ0n) is 22.4. The van der Waals surface area contributed by atoms with Crippen LogP contribution in [0.25, 0.3) is 0 Å². The highest BCUT2D eigenvalue weighted by molar-refractivity contribution is 6.42. The zero-order chi connectivity index (χ0) is 29.5. The van der Waals surface area contributed by atoms with E-state index < -0.39 is 46.1 Å². The van der Waals surface area contributed by atoms with E-state index in [0.29, 0.717) is 42.1 Å². The normalized spacial score (nSPS) is 26.2. The van der Waals surface area contributed by atoms with Gasteiger partial charge in [0.05, 0.1) is 21.0 Å². The lowest BCUT2D eigenvalue weighted by Gasteiger charge is -2.61. The first-order chi connectivity index (χ1) is 19.6. The van der Waals surface area contributed by atoms with Crippen LogP contribution in [0.4, 0.5) is 13.2 Å². The molecule has 41 heavy (non-hydrogen) atoms. The fourth-order valence-electron chi connectivity index (χ4n) is 7.29. The first-order valence-electron chi connectivity index (χ1n) is 13.6. The number of benzene rings is 3. The summed E-state index contributed by atoms with van der Waals surface area (Å²) in [4.78, 5) is 29.7. The Kier molecular flexibility index (Phi) is 8.12. The number of nitrogens with two attached hydrogens (primary N) is 1. The van der Waals surface area contributed by atoms with Gasteiger partial charge in [-0.3, -0.25) is 9.59 Å². The van der Waals surface area contributed by atoms with E-state index >= 15 is 0 Å². The monoisotopic (exact) mass is 603 g/mol. The maximum Gasteiger partial charge on any atom is 0.254 e. The quantitative estimate of drug-likeness (QED) is 0.328. The fourth-order valence-corrected chi connectivity index (χ4v) is 7.60. The Morgan fingerprint density at radius 2 is 1.71 bits per heavy atom. The van der Waals surface area contributed by atoms with Crippen molar-refractivity contribution in [2.24, 2.45) is 11.7 Å². The second-order valence-corrected chi connectivity index (χ2v) is 11.6. The van der Waals surface area contributed by atoms with E-state index in [4.69, 9.17) is 28.9 Å². The van der Waals surface area contributed by atoms with Crippen LogP contribution in [0.3, 0.4) is 0 Å². The molecule has 0 spiro atoms. The summed E-state index contributed by atoms with van der Waals surface area (Å²) in [6.45, 7) is 3.21. The summed E-state index contributed by atoms with van der Waals surface area (Å²) >= 11 is 12.8. The minimum atomic E-state index is -1.65. The molecule has 2 saturated heterocycles. The Balaban J connectivity index is 1.82. The van der Waals surface area contributed by atoms with E-state index in [1.807, 2.05) is 37.3 Å². The molecule has 3 N–H and O–H groups in total. The van der Waals surface area contributed by atoms with Gasteiger partial charge in [-0.25, -0.2) is 13.2 Å². The van der Waals surface area contributed by atoms with Gasteiger partial charge in [0, 0.05) is 24.6 Å². The summed E-state index contributed by atoms with van der Waals surface area (Å²) in [6.07, 6.45) is 1.19. The van der Waals surface area contributed by atoms with Crippen molar-refractivity contribution in [3.8, 4) is 0 Å². The highest BCUT2D eigenvalue weighted by atomic mass is 35.5. The highest BCUT2D eigenvalue weighted by Crippen LogP contribution is 2.58. The number of hydrogen-bond acceptors (Lipinski definition) is 3. The molecule has 4 unspecified atom stereocenters. The van der Waals surface area contributed by atoms with Gasteiger partial charge in [-0.1, -0.05) is 66.5 Å². The Morgan fingerprint density at radius 1 is 1.02 bits per heavy atom. The van der Waals surface area contributed by atoms with E-state index in [2.05, 4.69) is 5.32 Å². The molecule has 2 heterocycles. The van der Waals surface area contributed by atoms with Crippen molar-refractivity contribution >= 4 is 35.0 Å². The second-order valence-electron chi connectivity index (χ2n) is 10.8. The molecule has 5 nitrogen and oxygen atoms in total. The third-order valence-corrected chi connectivity index (χ3v) is 9.78.